The van der Waals surface area contributed by atoms with E-state index in [0.29, 0.717) is 5.31 Å². The van der Waals surface area contributed by atoms with Crippen LogP contribution in [0, 0.1) is 0 Å². The van der Waals surface area contributed by atoms with Crippen LogP contribution < -0.4 is 0 Å². The lowest BCUT2D eigenvalue weighted by Crippen LogP contribution is -2.16. The summed E-state index contributed by atoms with van der Waals surface area (Å²) in [4.78, 5) is 4.52. The smallest absolute Gasteiger partial charge is 0.113 e. The van der Waals surface area contributed by atoms with Crippen molar-refractivity contribution in [2.75, 3.05) is 0 Å². The highest BCUT2D eigenvalue weighted by atomic mass is 14.8. The van der Waals surface area contributed by atoms with Crippen LogP contribution in [0.5, 0.6) is 0 Å². The van der Waals surface area contributed by atoms with Crippen LogP contribution in [0.2, 0.25) is 12.1 Å². The largest absolute Gasteiger partial charge is 0.292 e. The molecule has 0 fully saturated rings. The van der Waals surface area contributed by atoms with Gasteiger partial charge in [0.15, 0.2) is 0 Å². The second-order valence-corrected chi connectivity index (χ2v) is 7.81. The van der Waals surface area contributed by atoms with Gasteiger partial charge in [0.25, 0.3) is 0 Å². The number of nitrogens with zero attached hydrogens (tertiary/aromatic N) is 1. The first kappa shape index (κ1) is 20.7. The monoisotopic (exact) mass is 292 g/mol. The van der Waals surface area contributed by atoms with E-state index in [0.717, 1.165) is 0 Å². The van der Waals surface area contributed by atoms with Gasteiger partial charge in [-0.25, -0.2) is 0 Å². The van der Waals surface area contributed by atoms with Gasteiger partial charge in [-0.1, -0.05) is 83.8 Å². The Labute approximate surface area is 135 Å². The molecule has 0 unspecified atom stereocenters. The molecule has 0 aliphatic rings. The number of hydrogen-bond donors (Lipinski definition) is 0. The van der Waals surface area contributed by atoms with E-state index in [1.807, 2.05) is 13.1 Å². The molecule has 0 aromatic heterocycles. The second-order valence-electron chi connectivity index (χ2n) is 7.81. The number of aliphatic imine (C=N–C) groups is 1. The van der Waals surface area contributed by atoms with Gasteiger partial charge >= 0.3 is 0 Å². The molecule has 0 aliphatic carbocycles. The van der Waals surface area contributed by atoms with Crippen molar-refractivity contribution in [2.45, 2.75) is 117 Å². The highest BCUT2D eigenvalue weighted by Crippen LogP contribution is 2.30. The minimum Gasteiger partial charge on any atom is -0.292 e. The number of rotatable bonds is 13. The van der Waals surface area contributed by atoms with Crippen molar-refractivity contribution in [1.29, 1.82) is 0 Å². The van der Waals surface area contributed by atoms with Crippen molar-refractivity contribution in [2.24, 2.45) is 4.99 Å². The highest BCUT2D eigenvalue weighted by molar-refractivity contribution is 6.37. The Kier molecular flexibility index (Phi) is 11.2. The lowest BCUT2D eigenvalue weighted by molar-refractivity contribution is 0.443. The van der Waals surface area contributed by atoms with Gasteiger partial charge in [0.1, 0.15) is 7.28 Å². The number of hydrogen-bond acceptors (Lipinski definition) is 1. The van der Waals surface area contributed by atoms with Crippen molar-refractivity contribution >= 4 is 13.5 Å². The van der Waals surface area contributed by atoms with E-state index >= 15 is 0 Å². The van der Waals surface area contributed by atoms with Gasteiger partial charge in [0, 0.05) is 0 Å². The maximum atomic E-state index is 4.52. The molecule has 0 atom stereocenters. The normalized spacial score (nSPS) is 13.0. The molecular formula is C19H39BN. The van der Waals surface area contributed by atoms with E-state index in [4.69, 9.17) is 0 Å². The molecule has 0 aromatic carbocycles. The topological polar surface area (TPSA) is 12.4 Å². The summed E-state index contributed by atoms with van der Waals surface area (Å²) in [6.45, 7) is 13.4. The molecule has 2 heteroatoms. The molecule has 0 saturated carbocycles. The standard InChI is InChI=1S/C19H39BN/c1-7-21-19(4,5)17-15-13-11-9-8-10-12-14-16-18(2,3)20-6/h7H,8-17H2,1-6H3. The zero-order chi connectivity index (χ0) is 16.2. The first-order valence-electron chi connectivity index (χ1n) is 9.13. The molecule has 0 bridgehead atoms. The Morgan fingerprint density at radius 2 is 1.19 bits per heavy atom. The van der Waals surface area contributed by atoms with Gasteiger partial charge in [-0.15, -0.1) is 0 Å². The van der Waals surface area contributed by atoms with E-state index in [9.17, 15) is 0 Å². The predicted octanol–water partition coefficient (Wildman–Crippen LogP) is 6.71. The van der Waals surface area contributed by atoms with Crippen LogP contribution in [0.3, 0.4) is 0 Å². The summed E-state index contributed by atoms with van der Waals surface area (Å²) in [5, 5.41) is 0.438. The molecule has 0 rings (SSSR count). The van der Waals surface area contributed by atoms with E-state index in [1.54, 1.807) is 0 Å². The average Bonchev–Trinajstić information content (AvgIpc) is 2.40. The average molecular weight is 292 g/mol. The molecule has 0 heterocycles. The van der Waals surface area contributed by atoms with Crippen LogP contribution in [0.15, 0.2) is 4.99 Å². The summed E-state index contributed by atoms with van der Waals surface area (Å²) in [6.07, 6.45) is 15.7. The van der Waals surface area contributed by atoms with Crippen molar-refractivity contribution in [3.8, 4) is 0 Å². The van der Waals surface area contributed by atoms with Crippen LogP contribution in [-0.2, 0) is 0 Å². The van der Waals surface area contributed by atoms with Gasteiger partial charge in [-0.3, -0.25) is 4.99 Å². The van der Waals surface area contributed by atoms with Gasteiger partial charge in [-0.2, -0.15) is 0 Å². The third kappa shape index (κ3) is 13.1. The summed E-state index contributed by atoms with van der Waals surface area (Å²) in [6, 6.07) is 0. The minimum atomic E-state index is 0.151. The molecule has 1 radical (unpaired) electrons. The summed E-state index contributed by atoms with van der Waals surface area (Å²) >= 11 is 0. The molecule has 0 N–H and O–H groups in total. The molecular weight excluding hydrogens is 253 g/mol. The Morgan fingerprint density at radius 1 is 0.762 bits per heavy atom. The Hall–Kier alpha value is -0.265. The van der Waals surface area contributed by atoms with Crippen molar-refractivity contribution in [3.05, 3.63) is 0 Å². The van der Waals surface area contributed by atoms with Gasteiger partial charge in [0.2, 0.25) is 0 Å². The molecule has 0 aliphatic heterocycles. The fourth-order valence-corrected chi connectivity index (χ4v) is 2.76. The Morgan fingerprint density at radius 3 is 1.62 bits per heavy atom. The lowest BCUT2D eigenvalue weighted by Gasteiger charge is -2.21. The maximum Gasteiger partial charge on any atom is 0.113 e. The third-order valence-corrected chi connectivity index (χ3v) is 4.62. The minimum absolute atomic E-state index is 0.151. The second kappa shape index (κ2) is 11.3. The first-order chi connectivity index (χ1) is 9.83. The van der Waals surface area contributed by atoms with Gasteiger partial charge in [0.05, 0.1) is 5.54 Å². The quantitative estimate of drug-likeness (QED) is 0.203. The van der Waals surface area contributed by atoms with Crippen molar-refractivity contribution in [3.63, 3.8) is 0 Å². The summed E-state index contributed by atoms with van der Waals surface area (Å²) in [5.74, 6) is 0. The van der Waals surface area contributed by atoms with Crippen LogP contribution in [0.4, 0.5) is 0 Å². The van der Waals surface area contributed by atoms with E-state index in [1.165, 1.54) is 64.2 Å². The Bertz CT molecular complexity index is 269. The molecule has 1 nitrogen and oxygen atoms in total. The van der Waals surface area contributed by atoms with Crippen LogP contribution >= 0.6 is 0 Å². The molecule has 0 amide bonds. The van der Waals surface area contributed by atoms with Gasteiger partial charge in [-0.05, 0) is 33.4 Å². The number of unbranched alkanes of at least 4 members (excludes halogenated alkanes) is 7. The zero-order valence-electron chi connectivity index (χ0n) is 15.7. The SMILES string of the molecule is C[B]C(C)(C)CCCCCCCCCCC(C)(C)N=CC. The molecule has 0 spiro atoms. The zero-order valence-corrected chi connectivity index (χ0v) is 15.7. The highest BCUT2D eigenvalue weighted by Gasteiger charge is 2.15. The lowest BCUT2D eigenvalue weighted by atomic mass is 9.54. The molecule has 0 saturated heterocycles. The third-order valence-electron chi connectivity index (χ3n) is 4.62. The van der Waals surface area contributed by atoms with Gasteiger partial charge < -0.3 is 0 Å². The first-order valence-corrected chi connectivity index (χ1v) is 9.13. The van der Waals surface area contributed by atoms with E-state index < -0.39 is 0 Å². The maximum absolute atomic E-state index is 4.52. The van der Waals surface area contributed by atoms with Crippen LogP contribution in [0.25, 0.3) is 0 Å². The summed E-state index contributed by atoms with van der Waals surface area (Å²) < 4.78 is 0. The van der Waals surface area contributed by atoms with Crippen molar-refractivity contribution < 1.29 is 0 Å². The Balaban J connectivity index is 3.34. The van der Waals surface area contributed by atoms with Crippen molar-refractivity contribution in [1.82, 2.24) is 0 Å². The molecule has 21 heavy (non-hydrogen) atoms. The van der Waals surface area contributed by atoms with Crippen LogP contribution in [-0.4, -0.2) is 19.0 Å². The van der Waals surface area contributed by atoms with E-state index in [2.05, 4.69) is 46.8 Å². The fourth-order valence-electron chi connectivity index (χ4n) is 2.76. The van der Waals surface area contributed by atoms with Crippen LogP contribution in [0.1, 0.15) is 98.8 Å². The molecule has 0 aromatic rings. The summed E-state index contributed by atoms with van der Waals surface area (Å²) in [7, 11) is 2.34. The summed E-state index contributed by atoms with van der Waals surface area (Å²) in [5.41, 5.74) is 0.151. The fraction of sp³-hybridized carbons (Fsp3) is 0.947. The van der Waals surface area contributed by atoms with E-state index in [-0.39, 0.29) is 5.54 Å². The predicted molar refractivity (Wildman–Crippen MR) is 100 cm³/mol. The molecule has 123 valence electrons.